The van der Waals surface area contributed by atoms with Gasteiger partial charge in [0, 0.05) is 13.2 Å². The van der Waals surface area contributed by atoms with Crippen molar-refractivity contribution in [3.8, 4) is 0 Å². The quantitative estimate of drug-likeness (QED) is 0.658. The molecule has 3 rings (SSSR count). The Hall–Kier alpha value is -3.22. The van der Waals surface area contributed by atoms with E-state index >= 15 is 0 Å². The summed E-state index contributed by atoms with van der Waals surface area (Å²) in [6.45, 7) is -0.430. The fraction of sp³-hybridized carbons (Fsp3) is 0.222. The molecule has 0 unspecified atom stereocenters. The Morgan fingerprint density at radius 3 is 2.56 bits per heavy atom. The molecule has 2 aromatic heterocycles. The number of esters is 1. The minimum Gasteiger partial charge on any atom is -0.468 e. The maximum absolute atomic E-state index is 12.7. The monoisotopic (exact) mass is 339 g/mol. The summed E-state index contributed by atoms with van der Waals surface area (Å²) in [5, 5.41) is 0.291. The average molecular weight is 339 g/mol. The van der Waals surface area contributed by atoms with Crippen molar-refractivity contribution in [3.63, 3.8) is 0 Å². The van der Waals surface area contributed by atoms with E-state index in [4.69, 9.17) is 0 Å². The smallest absolute Gasteiger partial charge is 0.332 e. The lowest BCUT2D eigenvalue weighted by Crippen LogP contribution is -2.41. The van der Waals surface area contributed by atoms with E-state index in [9.17, 15) is 14.4 Å². The Balaban J connectivity index is 2.13. The van der Waals surface area contributed by atoms with Gasteiger partial charge >= 0.3 is 11.7 Å². The second-order valence-corrected chi connectivity index (χ2v) is 5.69. The minimum atomic E-state index is -0.660. The van der Waals surface area contributed by atoms with Crippen LogP contribution in [-0.4, -0.2) is 27.2 Å². The minimum absolute atomic E-state index is 0.285. The SMILES string of the molecule is COC(=O)Cn1c(=O)c2cc(Cc3ccccc3)cnc2n(C)c1=O. The highest BCUT2D eigenvalue weighted by atomic mass is 16.5. The van der Waals surface area contributed by atoms with Gasteiger partial charge in [0.1, 0.15) is 12.2 Å². The number of methoxy groups -OCH3 is 1. The summed E-state index contributed by atoms with van der Waals surface area (Å²) < 4.78 is 6.68. The van der Waals surface area contributed by atoms with Crippen LogP contribution in [-0.2, 0) is 29.5 Å². The average Bonchev–Trinajstić information content (AvgIpc) is 2.64. The van der Waals surface area contributed by atoms with Gasteiger partial charge in [-0.2, -0.15) is 0 Å². The van der Waals surface area contributed by atoms with Crippen molar-refractivity contribution < 1.29 is 9.53 Å². The molecule has 128 valence electrons. The highest BCUT2D eigenvalue weighted by molar-refractivity contribution is 5.75. The zero-order chi connectivity index (χ0) is 18.0. The summed E-state index contributed by atoms with van der Waals surface area (Å²) in [4.78, 5) is 40.7. The zero-order valence-electron chi connectivity index (χ0n) is 13.9. The van der Waals surface area contributed by atoms with Gasteiger partial charge < -0.3 is 4.74 Å². The van der Waals surface area contributed by atoms with Crippen LogP contribution in [0.3, 0.4) is 0 Å². The van der Waals surface area contributed by atoms with Crippen molar-refractivity contribution in [2.45, 2.75) is 13.0 Å². The number of fused-ring (bicyclic) bond motifs is 1. The summed E-state index contributed by atoms with van der Waals surface area (Å²) in [6, 6.07) is 11.5. The van der Waals surface area contributed by atoms with Gasteiger partial charge in [0.15, 0.2) is 0 Å². The molecule has 7 heteroatoms. The van der Waals surface area contributed by atoms with E-state index in [2.05, 4.69) is 9.72 Å². The van der Waals surface area contributed by atoms with Crippen LogP contribution in [0.4, 0.5) is 0 Å². The molecule has 0 bridgehead atoms. The van der Waals surface area contributed by atoms with Gasteiger partial charge in [-0.15, -0.1) is 0 Å². The number of hydrogen-bond donors (Lipinski definition) is 0. The van der Waals surface area contributed by atoms with Crippen molar-refractivity contribution in [1.29, 1.82) is 0 Å². The van der Waals surface area contributed by atoms with E-state index < -0.39 is 23.8 Å². The van der Waals surface area contributed by atoms with Crippen LogP contribution in [0.2, 0.25) is 0 Å². The van der Waals surface area contributed by atoms with E-state index in [1.54, 1.807) is 12.3 Å². The molecule has 7 nitrogen and oxygen atoms in total. The first-order valence-corrected chi connectivity index (χ1v) is 7.70. The van der Waals surface area contributed by atoms with Gasteiger partial charge in [-0.05, 0) is 23.6 Å². The molecule has 0 fully saturated rings. The van der Waals surface area contributed by atoms with Crippen molar-refractivity contribution >= 4 is 17.0 Å². The number of carbonyl (C=O) groups excluding carboxylic acids is 1. The lowest BCUT2D eigenvalue weighted by molar-refractivity contribution is -0.141. The largest absolute Gasteiger partial charge is 0.468 e. The first kappa shape index (κ1) is 16.6. The number of hydrogen-bond acceptors (Lipinski definition) is 5. The Labute approximate surface area is 143 Å². The second-order valence-electron chi connectivity index (χ2n) is 5.69. The third kappa shape index (κ3) is 3.21. The van der Waals surface area contributed by atoms with Crippen LogP contribution in [0.15, 0.2) is 52.2 Å². The normalized spacial score (nSPS) is 10.8. The van der Waals surface area contributed by atoms with Crippen LogP contribution in [0, 0.1) is 0 Å². The van der Waals surface area contributed by atoms with Gasteiger partial charge in [-0.25, -0.2) is 14.3 Å². The molecule has 0 spiro atoms. The molecular weight excluding hydrogens is 322 g/mol. The van der Waals surface area contributed by atoms with Crippen LogP contribution in [0.25, 0.3) is 11.0 Å². The number of aromatic nitrogens is 3. The topological polar surface area (TPSA) is 83.2 Å². The summed E-state index contributed by atoms with van der Waals surface area (Å²) >= 11 is 0. The van der Waals surface area contributed by atoms with Crippen LogP contribution in [0.1, 0.15) is 11.1 Å². The van der Waals surface area contributed by atoms with Gasteiger partial charge in [-0.3, -0.25) is 14.2 Å². The van der Waals surface area contributed by atoms with Crippen LogP contribution >= 0.6 is 0 Å². The first-order valence-electron chi connectivity index (χ1n) is 7.70. The maximum Gasteiger partial charge on any atom is 0.332 e. The number of carbonyl (C=O) groups is 1. The molecule has 0 aliphatic carbocycles. The number of benzene rings is 1. The zero-order valence-corrected chi connectivity index (χ0v) is 13.9. The number of ether oxygens (including phenoxy) is 1. The van der Waals surface area contributed by atoms with E-state index in [0.717, 1.165) is 15.7 Å². The molecule has 0 atom stereocenters. The molecule has 0 radical (unpaired) electrons. The molecule has 2 heterocycles. The Morgan fingerprint density at radius 2 is 1.88 bits per heavy atom. The van der Waals surface area contributed by atoms with E-state index in [0.29, 0.717) is 11.8 Å². The number of aryl methyl sites for hydroxylation is 1. The first-order chi connectivity index (χ1) is 12.0. The lowest BCUT2D eigenvalue weighted by Gasteiger charge is -2.10. The number of pyridine rings is 1. The molecule has 0 aliphatic heterocycles. The third-order valence-corrected chi connectivity index (χ3v) is 4.00. The van der Waals surface area contributed by atoms with Gasteiger partial charge in [0.25, 0.3) is 5.56 Å². The van der Waals surface area contributed by atoms with E-state index in [-0.39, 0.29) is 5.65 Å². The van der Waals surface area contributed by atoms with Crippen LogP contribution in [0.5, 0.6) is 0 Å². The molecule has 0 saturated heterocycles. The lowest BCUT2D eigenvalue weighted by atomic mass is 10.1. The molecule has 0 amide bonds. The summed E-state index contributed by atoms with van der Waals surface area (Å²) in [5.41, 5.74) is 1.06. The summed E-state index contributed by atoms with van der Waals surface area (Å²) in [6.07, 6.45) is 2.27. The molecule has 0 N–H and O–H groups in total. The Bertz CT molecular complexity index is 1050. The molecular formula is C18H17N3O4. The summed E-state index contributed by atoms with van der Waals surface area (Å²) in [7, 11) is 2.72. The van der Waals surface area contributed by atoms with Crippen molar-refractivity contribution in [2.75, 3.05) is 7.11 Å². The van der Waals surface area contributed by atoms with Crippen molar-refractivity contribution in [1.82, 2.24) is 14.1 Å². The Kier molecular flexibility index (Phi) is 4.47. The number of nitrogens with zero attached hydrogens (tertiary/aromatic N) is 3. The van der Waals surface area contributed by atoms with E-state index in [1.807, 2.05) is 30.3 Å². The summed E-state index contributed by atoms with van der Waals surface area (Å²) in [5.74, 6) is -0.660. The molecule has 1 aromatic carbocycles. The molecule has 0 saturated carbocycles. The molecule has 0 aliphatic rings. The maximum atomic E-state index is 12.7. The fourth-order valence-electron chi connectivity index (χ4n) is 2.69. The van der Waals surface area contributed by atoms with Crippen LogP contribution < -0.4 is 11.2 Å². The standard InChI is InChI=1S/C18H17N3O4/c1-20-16-14(17(23)21(18(20)24)11-15(22)25-2)9-13(10-19-16)8-12-6-4-3-5-7-12/h3-7,9-10H,8,11H2,1-2H3. The highest BCUT2D eigenvalue weighted by Crippen LogP contribution is 2.12. The number of rotatable bonds is 4. The predicted octanol–water partition coefficient (Wildman–Crippen LogP) is 0.859. The second kappa shape index (κ2) is 6.72. The molecule has 25 heavy (non-hydrogen) atoms. The van der Waals surface area contributed by atoms with Gasteiger partial charge in [0.2, 0.25) is 0 Å². The van der Waals surface area contributed by atoms with Crippen molar-refractivity contribution in [3.05, 3.63) is 74.6 Å². The molecule has 3 aromatic rings. The predicted molar refractivity (Wildman–Crippen MR) is 92.5 cm³/mol. The highest BCUT2D eigenvalue weighted by Gasteiger charge is 2.15. The van der Waals surface area contributed by atoms with E-state index in [1.165, 1.54) is 18.7 Å². The Morgan fingerprint density at radius 1 is 1.16 bits per heavy atom. The third-order valence-electron chi connectivity index (χ3n) is 4.00. The van der Waals surface area contributed by atoms with Gasteiger partial charge in [0.05, 0.1) is 12.5 Å². The van der Waals surface area contributed by atoms with Crippen molar-refractivity contribution in [2.24, 2.45) is 7.05 Å². The fourth-order valence-corrected chi connectivity index (χ4v) is 2.69. The van der Waals surface area contributed by atoms with Gasteiger partial charge in [-0.1, -0.05) is 30.3 Å².